The molecule has 2 atom stereocenters. The minimum atomic E-state index is -1.62. The molecule has 0 aliphatic rings. The fourth-order valence-electron chi connectivity index (χ4n) is 11.8. The largest absolute Gasteiger partial charge is 0.545 e. The maximum absolute atomic E-state index is 13.0. The number of carbonyl (C=O) groups is 3. The van der Waals surface area contributed by atoms with E-state index < -0.39 is 24.3 Å². The molecule has 0 aromatic heterocycles. The number of rotatable bonds is 73. The molecule has 0 aromatic carbocycles. The van der Waals surface area contributed by atoms with Crippen LogP contribution in [0.3, 0.4) is 0 Å². The Morgan fingerprint density at radius 2 is 0.621 bits per heavy atom. The van der Waals surface area contributed by atoms with Crippen LogP contribution in [0.5, 0.6) is 0 Å². The molecule has 0 radical (unpaired) electrons. The molecule has 0 aromatic rings. The highest BCUT2D eigenvalue weighted by molar-refractivity contribution is 5.70. The number of nitrogens with zero attached hydrogens (tertiary/aromatic N) is 1. The van der Waals surface area contributed by atoms with Crippen LogP contribution in [0, 0.1) is 0 Å². The van der Waals surface area contributed by atoms with E-state index in [1.54, 1.807) is 0 Å². The van der Waals surface area contributed by atoms with Crippen molar-refractivity contribution in [3.8, 4) is 0 Å². The number of hydrogen-bond acceptors (Lipinski definition) is 8. The average molecular weight is 1230 g/mol. The highest BCUT2D eigenvalue weighted by Gasteiger charge is 2.22. The molecule has 0 aliphatic carbocycles. The van der Waals surface area contributed by atoms with Crippen molar-refractivity contribution in [1.29, 1.82) is 0 Å². The van der Waals surface area contributed by atoms with Crippen LogP contribution in [0.25, 0.3) is 0 Å². The molecule has 0 aliphatic heterocycles. The summed E-state index contributed by atoms with van der Waals surface area (Å²) in [5.41, 5.74) is 0. The molecule has 0 fully saturated rings. The molecule has 0 saturated carbocycles. The summed E-state index contributed by atoms with van der Waals surface area (Å²) in [7, 11) is 5.95. The summed E-state index contributed by atoms with van der Waals surface area (Å²) in [6.07, 6.45) is 84.4. The Bertz CT molecular complexity index is 1480. The number of carboxylic acids is 1. The second-order valence-corrected chi connectivity index (χ2v) is 27.7. The van der Waals surface area contributed by atoms with Gasteiger partial charge in [0.15, 0.2) is 12.4 Å². The minimum absolute atomic E-state index is 0.152. The number of aliphatic carboxylic acids is 1. The molecule has 0 heterocycles. The molecule has 514 valence electrons. The van der Waals surface area contributed by atoms with Crippen molar-refractivity contribution in [3.63, 3.8) is 0 Å². The van der Waals surface area contributed by atoms with E-state index in [0.717, 1.165) is 44.9 Å². The number of likely N-dealkylation sites (N-methyl/N-ethyl adjacent to an activating group) is 1. The lowest BCUT2D eigenvalue weighted by Crippen LogP contribution is -2.44. The van der Waals surface area contributed by atoms with Crippen LogP contribution in [0.1, 0.15) is 399 Å². The van der Waals surface area contributed by atoms with Crippen molar-refractivity contribution in [3.05, 3.63) is 24.3 Å². The summed E-state index contributed by atoms with van der Waals surface area (Å²) in [5.74, 6) is -2.25. The lowest BCUT2D eigenvalue weighted by molar-refractivity contribution is -0.870. The smallest absolute Gasteiger partial charge is 0.306 e. The molecule has 0 saturated heterocycles. The first kappa shape index (κ1) is 84.8. The minimum Gasteiger partial charge on any atom is -0.545 e. The maximum Gasteiger partial charge on any atom is 0.306 e. The van der Waals surface area contributed by atoms with E-state index in [-0.39, 0.29) is 32.2 Å². The fraction of sp³-hybridized carbons (Fsp3) is 0.910. The number of quaternary nitrogens is 1. The molecule has 87 heavy (non-hydrogen) atoms. The van der Waals surface area contributed by atoms with Crippen molar-refractivity contribution >= 4 is 17.9 Å². The zero-order valence-electron chi connectivity index (χ0n) is 58.9. The number of carboxylic acid groups (broad SMARTS) is 1. The van der Waals surface area contributed by atoms with Crippen molar-refractivity contribution in [1.82, 2.24) is 0 Å². The van der Waals surface area contributed by atoms with Gasteiger partial charge in [0.25, 0.3) is 0 Å². The first-order valence-corrected chi connectivity index (χ1v) is 38.5. The fourth-order valence-corrected chi connectivity index (χ4v) is 11.8. The number of esters is 2. The summed E-state index contributed by atoms with van der Waals surface area (Å²) in [6, 6.07) is 0. The van der Waals surface area contributed by atoms with E-state index >= 15 is 0 Å². The Kier molecular flexibility index (Phi) is 67.9. The Hall–Kier alpha value is -2.23. The quantitative estimate of drug-likeness (QED) is 0.0195. The third-order valence-corrected chi connectivity index (χ3v) is 17.7. The number of carbonyl (C=O) groups excluding carboxylic acids is 3. The lowest BCUT2D eigenvalue weighted by atomic mass is 10.0. The second-order valence-electron chi connectivity index (χ2n) is 27.7. The molecular formula is C78H149NO8. The van der Waals surface area contributed by atoms with Crippen molar-refractivity contribution < 1.29 is 42.9 Å². The first-order valence-electron chi connectivity index (χ1n) is 38.5. The van der Waals surface area contributed by atoms with Gasteiger partial charge in [-0.1, -0.05) is 366 Å². The Balaban J connectivity index is 3.98. The van der Waals surface area contributed by atoms with E-state index in [2.05, 4.69) is 38.2 Å². The van der Waals surface area contributed by atoms with Gasteiger partial charge < -0.3 is 33.3 Å². The maximum atomic E-state index is 13.0. The third-order valence-electron chi connectivity index (χ3n) is 17.7. The molecule has 0 spiro atoms. The van der Waals surface area contributed by atoms with Gasteiger partial charge in [-0.3, -0.25) is 9.59 Å². The molecule has 2 unspecified atom stereocenters. The predicted molar refractivity (Wildman–Crippen MR) is 371 cm³/mol. The molecule has 0 rings (SSSR count). The third kappa shape index (κ3) is 71.1. The highest BCUT2D eigenvalue weighted by Crippen LogP contribution is 2.20. The summed E-state index contributed by atoms with van der Waals surface area (Å²) in [6.45, 7) is 4.83. The van der Waals surface area contributed by atoms with E-state index in [1.165, 1.54) is 327 Å². The van der Waals surface area contributed by atoms with Crippen LogP contribution >= 0.6 is 0 Å². The standard InChI is InChI=1S/C78H149NO8/c1-6-8-10-12-14-16-18-20-22-24-26-28-30-32-34-35-36-37-38-39-40-41-43-45-47-49-51-53-55-57-59-61-63-65-67-69-76(81)87-74(73-86-78(77(82)83)84-71-70-79(3,4)5)72-85-75(80)68-66-64-62-60-58-56-54-52-50-48-46-44-42-33-31-29-27-25-23-21-19-17-15-13-11-9-7-2/h18,20,24,26,74,78H,6-17,19,21-23,25,27-73H2,1-5H3/b20-18-,26-24-. The monoisotopic (exact) mass is 1230 g/mol. The molecule has 0 amide bonds. The van der Waals surface area contributed by atoms with E-state index in [1.807, 2.05) is 21.1 Å². The van der Waals surface area contributed by atoms with Gasteiger partial charge in [-0.25, -0.2) is 0 Å². The van der Waals surface area contributed by atoms with Crippen LogP contribution in [-0.4, -0.2) is 82.3 Å². The molecule has 9 nitrogen and oxygen atoms in total. The van der Waals surface area contributed by atoms with Crippen LogP contribution in [0.2, 0.25) is 0 Å². The van der Waals surface area contributed by atoms with E-state index in [0.29, 0.717) is 17.4 Å². The molecule has 0 N–H and O–H groups in total. The average Bonchev–Trinajstić information content (AvgIpc) is 3.56. The number of allylic oxidation sites excluding steroid dienone is 4. The van der Waals surface area contributed by atoms with Crippen molar-refractivity contribution in [2.75, 3.05) is 47.5 Å². The van der Waals surface area contributed by atoms with Gasteiger partial charge in [0.05, 0.1) is 40.3 Å². The SMILES string of the molecule is CCCCCCC/C=C\C/C=C\CCCCCCCCCCCCCCCCCCCCCCCCCC(=O)OC(COC(=O)CCCCCCCCCCCCCCCCCCCCCCCCCCCCC)COC(OCC[N+](C)(C)C)C(=O)[O-]. The van der Waals surface area contributed by atoms with Gasteiger partial charge in [0.2, 0.25) is 0 Å². The van der Waals surface area contributed by atoms with E-state index in [9.17, 15) is 19.5 Å². The normalized spacial score (nSPS) is 12.7. The van der Waals surface area contributed by atoms with Gasteiger partial charge in [0, 0.05) is 12.8 Å². The summed E-state index contributed by atoms with van der Waals surface area (Å²) in [4.78, 5) is 37.6. The molecule has 9 heteroatoms. The lowest BCUT2D eigenvalue weighted by Gasteiger charge is -2.26. The number of unbranched alkanes of at least 4 members (excludes halogenated alkanes) is 54. The summed E-state index contributed by atoms with van der Waals surface area (Å²) >= 11 is 0. The Morgan fingerprint density at radius 1 is 0.345 bits per heavy atom. The van der Waals surface area contributed by atoms with Crippen molar-refractivity contribution in [2.45, 2.75) is 411 Å². The Labute approximate surface area is 541 Å². The second kappa shape index (κ2) is 69.7. The van der Waals surface area contributed by atoms with Crippen LogP contribution < -0.4 is 5.11 Å². The predicted octanol–water partition coefficient (Wildman–Crippen LogP) is 22.8. The van der Waals surface area contributed by atoms with Crippen LogP contribution in [-0.2, 0) is 33.3 Å². The highest BCUT2D eigenvalue weighted by atomic mass is 16.7. The van der Waals surface area contributed by atoms with Gasteiger partial charge >= 0.3 is 11.9 Å². The van der Waals surface area contributed by atoms with Crippen molar-refractivity contribution in [2.24, 2.45) is 0 Å². The molecule has 0 bridgehead atoms. The number of ether oxygens (including phenoxy) is 4. The number of hydrogen-bond donors (Lipinski definition) is 0. The topological polar surface area (TPSA) is 111 Å². The Morgan fingerprint density at radius 3 is 0.908 bits per heavy atom. The van der Waals surface area contributed by atoms with E-state index in [4.69, 9.17) is 18.9 Å². The first-order chi connectivity index (χ1) is 42.6. The molecular weight excluding hydrogens is 1080 g/mol. The van der Waals surface area contributed by atoms with Crippen LogP contribution in [0.15, 0.2) is 24.3 Å². The van der Waals surface area contributed by atoms with Crippen LogP contribution in [0.4, 0.5) is 0 Å². The van der Waals surface area contributed by atoms with Gasteiger partial charge in [-0.15, -0.1) is 0 Å². The summed E-state index contributed by atoms with van der Waals surface area (Å²) in [5, 5.41) is 11.8. The van der Waals surface area contributed by atoms with Gasteiger partial charge in [-0.05, 0) is 44.9 Å². The zero-order valence-corrected chi connectivity index (χ0v) is 58.9. The summed E-state index contributed by atoms with van der Waals surface area (Å²) < 4.78 is 22.9. The van der Waals surface area contributed by atoms with Gasteiger partial charge in [-0.2, -0.15) is 0 Å². The zero-order chi connectivity index (χ0) is 63.3. The van der Waals surface area contributed by atoms with Gasteiger partial charge in [0.1, 0.15) is 13.2 Å².